The normalized spacial score (nSPS) is 11.9. The molecule has 2 aromatic carbocycles. The number of fused-ring (bicyclic) bond motifs is 1. The minimum Gasteiger partial charge on any atom is -0.339 e. The van der Waals surface area contributed by atoms with Gasteiger partial charge in [0, 0.05) is 28.4 Å². The molecule has 0 radical (unpaired) electrons. The zero-order valence-corrected chi connectivity index (χ0v) is 15.1. The van der Waals surface area contributed by atoms with Crippen LogP contribution in [0, 0.1) is 11.6 Å². The third-order valence-electron chi connectivity index (χ3n) is 3.67. The maximum Gasteiger partial charge on any atom is 0.157 e. The summed E-state index contributed by atoms with van der Waals surface area (Å²) in [6.45, 7) is 5.22. The monoisotopic (exact) mass is 384 g/mol. The van der Waals surface area contributed by atoms with Crippen molar-refractivity contribution in [2.45, 2.75) is 6.92 Å². The van der Waals surface area contributed by atoms with Gasteiger partial charge in [0.2, 0.25) is 0 Å². The van der Waals surface area contributed by atoms with Crippen molar-refractivity contribution in [3.63, 3.8) is 0 Å². The fourth-order valence-corrected chi connectivity index (χ4v) is 2.63. The zero-order valence-electron chi connectivity index (χ0n) is 14.4. The first kappa shape index (κ1) is 18.7. The number of rotatable bonds is 5. The van der Waals surface area contributed by atoms with E-state index < -0.39 is 11.6 Å². The van der Waals surface area contributed by atoms with Gasteiger partial charge in [0.25, 0.3) is 0 Å². The van der Waals surface area contributed by atoms with Crippen molar-refractivity contribution < 1.29 is 8.78 Å². The molecule has 27 heavy (non-hydrogen) atoms. The lowest BCUT2D eigenvalue weighted by Gasteiger charge is -2.12. The lowest BCUT2D eigenvalue weighted by Crippen LogP contribution is -2.01. The fourth-order valence-electron chi connectivity index (χ4n) is 2.46. The van der Waals surface area contributed by atoms with Crippen LogP contribution in [0.15, 0.2) is 59.7 Å². The summed E-state index contributed by atoms with van der Waals surface area (Å²) in [5, 5.41) is 4.09. The molecule has 0 aliphatic rings. The molecule has 3 rings (SSSR count). The maximum atomic E-state index is 13.5. The highest BCUT2D eigenvalue weighted by atomic mass is 35.5. The summed E-state index contributed by atoms with van der Waals surface area (Å²) < 4.78 is 27.0. The van der Waals surface area contributed by atoms with Crippen molar-refractivity contribution >= 4 is 46.3 Å². The van der Waals surface area contributed by atoms with Crippen LogP contribution in [-0.4, -0.2) is 16.7 Å². The molecule has 7 heteroatoms. The van der Waals surface area contributed by atoms with E-state index in [1.54, 1.807) is 36.6 Å². The number of anilines is 2. The summed E-state index contributed by atoms with van der Waals surface area (Å²) in [4.78, 5) is 12.7. The molecule has 1 aromatic heterocycles. The molecule has 136 valence electrons. The SMILES string of the molecule is C=N/C=C\C=C(/C)c1nc(Nc2cc(F)cc(F)c2)c2cc(Cl)ccc2n1. The number of nitrogens with zero attached hydrogens (tertiary/aromatic N) is 3. The summed E-state index contributed by atoms with van der Waals surface area (Å²) in [7, 11) is 0. The second-order valence-electron chi connectivity index (χ2n) is 5.71. The van der Waals surface area contributed by atoms with Gasteiger partial charge < -0.3 is 5.32 Å². The Bertz CT molecular complexity index is 1060. The quantitative estimate of drug-likeness (QED) is 0.438. The summed E-state index contributed by atoms with van der Waals surface area (Å²) in [6.07, 6.45) is 5.04. The van der Waals surface area contributed by atoms with Gasteiger partial charge >= 0.3 is 0 Å². The molecule has 0 spiro atoms. The second kappa shape index (κ2) is 8.05. The Morgan fingerprint density at radius 1 is 1.15 bits per heavy atom. The van der Waals surface area contributed by atoms with Crippen LogP contribution >= 0.6 is 11.6 Å². The van der Waals surface area contributed by atoms with E-state index >= 15 is 0 Å². The average Bonchev–Trinajstić information content (AvgIpc) is 2.61. The predicted molar refractivity (Wildman–Crippen MR) is 107 cm³/mol. The van der Waals surface area contributed by atoms with Gasteiger partial charge in [-0.05, 0) is 55.6 Å². The molecular formula is C20H15ClF2N4. The number of hydrogen-bond donors (Lipinski definition) is 1. The Hall–Kier alpha value is -3.12. The van der Waals surface area contributed by atoms with Crippen LogP contribution in [0.4, 0.5) is 20.3 Å². The lowest BCUT2D eigenvalue weighted by atomic mass is 10.2. The Morgan fingerprint density at radius 2 is 1.89 bits per heavy atom. The van der Waals surface area contributed by atoms with Crippen LogP contribution in [0.2, 0.25) is 5.02 Å². The summed E-state index contributed by atoms with van der Waals surface area (Å²) in [6, 6.07) is 8.34. The number of hydrogen-bond acceptors (Lipinski definition) is 4. The molecule has 0 saturated heterocycles. The van der Waals surface area contributed by atoms with E-state index in [1.165, 1.54) is 12.1 Å². The van der Waals surface area contributed by atoms with Crippen LogP contribution in [0.1, 0.15) is 12.7 Å². The third-order valence-corrected chi connectivity index (χ3v) is 3.91. The van der Waals surface area contributed by atoms with E-state index in [2.05, 4.69) is 27.0 Å². The first-order valence-corrected chi connectivity index (χ1v) is 8.34. The van der Waals surface area contributed by atoms with E-state index in [0.29, 0.717) is 27.6 Å². The number of benzene rings is 2. The highest BCUT2D eigenvalue weighted by molar-refractivity contribution is 6.31. The van der Waals surface area contributed by atoms with E-state index in [4.69, 9.17) is 11.6 Å². The van der Waals surface area contributed by atoms with Crippen LogP contribution in [0.5, 0.6) is 0 Å². The van der Waals surface area contributed by atoms with E-state index in [-0.39, 0.29) is 5.69 Å². The topological polar surface area (TPSA) is 50.2 Å². The molecule has 0 atom stereocenters. The molecule has 0 aliphatic carbocycles. The Morgan fingerprint density at radius 3 is 2.59 bits per heavy atom. The van der Waals surface area contributed by atoms with Crippen LogP contribution in [0.25, 0.3) is 16.5 Å². The highest BCUT2D eigenvalue weighted by Gasteiger charge is 2.11. The van der Waals surface area contributed by atoms with Gasteiger partial charge in [-0.2, -0.15) is 0 Å². The fraction of sp³-hybridized carbons (Fsp3) is 0.0500. The minimum absolute atomic E-state index is 0.232. The van der Waals surface area contributed by atoms with Crippen LogP contribution in [0.3, 0.4) is 0 Å². The van der Waals surface area contributed by atoms with E-state index in [0.717, 1.165) is 11.6 Å². The van der Waals surface area contributed by atoms with Crippen molar-refractivity contribution in [2.75, 3.05) is 5.32 Å². The first-order chi connectivity index (χ1) is 13.0. The molecule has 4 nitrogen and oxygen atoms in total. The van der Waals surface area contributed by atoms with E-state index in [9.17, 15) is 8.78 Å². The van der Waals surface area contributed by atoms with Crippen molar-refractivity contribution in [2.24, 2.45) is 4.99 Å². The molecule has 0 saturated carbocycles. The van der Waals surface area contributed by atoms with Crippen molar-refractivity contribution in [3.05, 3.63) is 77.2 Å². The molecule has 0 aliphatic heterocycles. The Balaban J connectivity index is 2.13. The molecular weight excluding hydrogens is 370 g/mol. The number of aliphatic imine (C=N–C) groups is 1. The molecule has 3 aromatic rings. The molecule has 0 bridgehead atoms. The molecule has 1 N–H and O–H groups in total. The van der Waals surface area contributed by atoms with Crippen molar-refractivity contribution in [1.82, 2.24) is 9.97 Å². The summed E-state index contributed by atoms with van der Waals surface area (Å²) in [5.41, 5.74) is 1.65. The lowest BCUT2D eigenvalue weighted by molar-refractivity contribution is 0.584. The maximum absolute atomic E-state index is 13.5. The van der Waals surface area contributed by atoms with Gasteiger partial charge in [-0.25, -0.2) is 18.7 Å². The van der Waals surface area contributed by atoms with Gasteiger partial charge in [0.1, 0.15) is 17.5 Å². The molecule has 0 unspecified atom stereocenters. The molecule has 1 heterocycles. The van der Waals surface area contributed by atoms with Gasteiger partial charge in [-0.1, -0.05) is 17.7 Å². The standard InChI is InChI=1S/C20H15ClF2N4/c1-12(4-3-7-24-2)19-26-18-6-5-13(21)8-17(18)20(27-19)25-16-10-14(22)9-15(23)11-16/h3-11H,2H2,1H3,(H,25,26,27)/b7-3-,12-4+. The molecule has 0 amide bonds. The van der Waals surface area contributed by atoms with Gasteiger partial charge in [-0.3, -0.25) is 4.99 Å². The van der Waals surface area contributed by atoms with Gasteiger partial charge in [0.15, 0.2) is 5.82 Å². The second-order valence-corrected chi connectivity index (χ2v) is 6.15. The van der Waals surface area contributed by atoms with E-state index in [1.807, 2.05) is 6.92 Å². The Labute approximate surface area is 159 Å². The average molecular weight is 385 g/mol. The van der Waals surface area contributed by atoms with Crippen molar-refractivity contribution in [3.8, 4) is 0 Å². The third kappa shape index (κ3) is 4.54. The number of allylic oxidation sites excluding steroid dienone is 3. The summed E-state index contributed by atoms with van der Waals surface area (Å²) in [5.74, 6) is -0.529. The Kier molecular flexibility index (Phi) is 5.57. The smallest absolute Gasteiger partial charge is 0.157 e. The van der Waals surface area contributed by atoms with Crippen LogP contribution in [-0.2, 0) is 0 Å². The number of halogens is 3. The summed E-state index contributed by atoms with van der Waals surface area (Å²) >= 11 is 6.09. The highest BCUT2D eigenvalue weighted by Crippen LogP contribution is 2.28. The van der Waals surface area contributed by atoms with Crippen LogP contribution < -0.4 is 5.32 Å². The predicted octanol–water partition coefficient (Wildman–Crippen LogP) is 5.92. The number of aromatic nitrogens is 2. The molecule has 0 fully saturated rings. The number of nitrogens with one attached hydrogen (secondary N) is 1. The zero-order chi connectivity index (χ0) is 19.4. The van der Waals surface area contributed by atoms with Crippen molar-refractivity contribution in [1.29, 1.82) is 0 Å². The minimum atomic E-state index is -0.688. The largest absolute Gasteiger partial charge is 0.339 e. The van der Waals surface area contributed by atoms with Gasteiger partial charge in [0.05, 0.1) is 5.52 Å². The van der Waals surface area contributed by atoms with Gasteiger partial charge in [-0.15, -0.1) is 0 Å². The first-order valence-electron chi connectivity index (χ1n) is 7.96.